The summed E-state index contributed by atoms with van der Waals surface area (Å²) in [5.41, 5.74) is 0.364. The van der Waals surface area contributed by atoms with Gasteiger partial charge in [0.1, 0.15) is 11.3 Å². The SMILES string of the molecule is CC(C)(C)OC(=O)NCCc1cc(=O)[nH]c(-c2ccccn2)n1. The number of nitrogens with zero attached hydrogens (tertiary/aromatic N) is 2. The summed E-state index contributed by atoms with van der Waals surface area (Å²) < 4.78 is 5.14. The van der Waals surface area contributed by atoms with Gasteiger partial charge in [-0.25, -0.2) is 9.78 Å². The van der Waals surface area contributed by atoms with Gasteiger partial charge >= 0.3 is 6.09 Å². The number of alkyl carbamates (subject to hydrolysis) is 1. The number of amides is 1. The van der Waals surface area contributed by atoms with Crippen molar-refractivity contribution in [1.29, 1.82) is 0 Å². The van der Waals surface area contributed by atoms with Gasteiger partial charge in [-0.15, -0.1) is 0 Å². The first-order chi connectivity index (χ1) is 10.8. The molecule has 0 spiro atoms. The number of H-pyrrole nitrogens is 1. The van der Waals surface area contributed by atoms with Crippen LogP contribution < -0.4 is 10.9 Å². The second-order valence-electron chi connectivity index (χ2n) is 5.98. The molecule has 7 nitrogen and oxygen atoms in total. The van der Waals surface area contributed by atoms with Crippen molar-refractivity contribution in [3.8, 4) is 11.5 Å². The van der Waals surface area contributed by atoms with Gasteiger partial charge in [0, 0.05) is 25.2 Å². The van der Waals surface area contributed by atoms with Crippen LogP contribution in [-0.4, -0.2) is 33.2 Å². The van der Waals surface area contributed by atoms with E-state index in [4.69, 9.17) is 4.74 Å². The topological polar surface area (TPSA) is 97.0 Å². The van der Waals surface area contributed by atoms with E-state index in [0.717, 1.165) is 0 Å². The normalized spacial score (nSPS) is 11.1. The van der Waals surface area contributed by atoms with Gasteiger partial charge < -0.3 is 15.0 Å². The van der Waals surface area contributed by atoms with E-state index in [1.54, 1.807) is 39.1 Å². The summed E-state index contributed by atoms with van der Waals surface area (Å²) >= 11 is 0. The molecule has 7 heteroatoms. The molecule has 0 aliphatic heterocycles. The molecule has 0 radical (unpaired) electrons. The van der Waals surface area contributed by atoms with Crippen LogP contribution in [0.2, 0.25) is 0 Å². The zero-order chi connectivity index (χ0) is 16.9. The first kappa shape index (κ1) is 16.7. The Labute approximate surface area is 134 Å². The second kappa shape index (κ2) is 7.04. The number of hydrogen-bond donors (Lipinski definition) is 2. The molecular formula is C16H20N4O3. The number of carbonyl (C=O) groups excluding carboxylic acids is 1. The van der Waals surface area contributed by atoms with Crippen molar-refractivity contribution >= 4 is 6.09 Å². The number of hydrogen-bond acceptors (Lipinski definition) is 5. The monoisotopic (exact) mass is 316 g/mol. The minimum atomic E-state index is -0.543. The lowest BCUT2D eigenvalue weighted by atomic mass is 10.2. The van der Waals surface area contributed by atoms with E-state index in [1.807, 2.05) is 6.07 Å². The van der Waals surface area contributed by atoms with Crippen molar-refractivity contribution in [3.63, 3.8) is 0 Å². The first-order valence-electron chi connectivity index (χ1n) is 7.32. The van der Waals surface area contributed by atoms with Crippen LogP contribution in [0.5, 0.6) is 0 Å². The van der Waals surface area contributed by atoms with Crippen molar-refractivity contribution in [3.05, 3.63) is 46.5 Å². The van der Waals surface area contributed by atoms with Crippen molar-refractivity contribution in [2.24, 2.45) is 0 Å². The summed E-state index contributed by atoms with van der Waals surface area (Å²) in [5.74, 6) is 0.408. The van der Waals surface area contributed by atoms with Crippen LogP contribution >= 0.6 is 0 Å². The highest BCUT2D eigenvalue weighted by molar-refractivity contribution is 5.67. The van der Waals surface area contributed by atoms with Crippen LogP contribution in [-0.2, 0) is 11.2 Å². The van der Waals surface area contributed by atoms with E-state index in [0.29, 0.717) is 30.2 Å². The maximum absolute atomic E-state index is 11.7. The molecule has 0 aromatic carbocycles. The zero-order valence-electron chi connectivity index (χ0n) is 13.4. The third kappa shape index (κ3) is 5.54. The Bertz CT molecular complexity index is 720. The molecule has 2 heterocycles. The Morgan fingerprint density at radius 3 is 2.78 bits per heavy atom. The molecule has 2 aromatic heterocycles. The number of aromatic amines is 1. The lowest BCUT2D eigenvalue weighted by molar-refractivity contribution is 0.0528. The summed E-state index contributed by atoms with van der Waals surface area (Å²) in [6.07, 6.45) is 1.56. The van der Waals surface area contributed by atoms with Crippen LogP contribution in [0.25, 0.3) is 11.5 Å². The van der Waals surface area contributed by atoms with Gasteiger partial charge in [-0.3, -0.25) is 9.78 Å². The van der Waals surface area contributed by atoms with Gasteiger partial charge in [0.15, 0.2) is 5.82 Å². The van der Waals surface area contributed by atoms with E-state index in [-0.39, 0.29) is 5.56 Å². The van der Waals surface area contributed by atoms with Gasteiger partial charge in [0.05, 0.1) is 5.69 Å². The van der Waals surface area contributed by atoms with Crippen LogP contribution in [0.1, 0.15) is 26.5 Å². The standard InChI is InChI=1S/C16H20N4O3/c1-16(2,3)23-15(22)18-9-7-11-10-13(21)20-14(19-11)12-6-4-5-8-17-12/h4-6,8,10H,7,9H2,1-3H3,(H,18,22)(H,19,20,21). The summed E-state index contributed by atoms with van der Waals surface area (Å²) in [4.78, 5) is 34.5. The van der Waals surface area contributed by atoms with E-state index in [2.05, 4.69) is 20.3 Å². The van der Waals surface area contributed by atoms with E-state index in [1.165, 1.54) is 6.07 Å². The second-order valence-corrected chi connectivity index (χ2v) is 5.98. The Hall–Kier alpha value is -2.70. The highest BCUT2D eigenvalue weighted by Crippen LogP contribution is 2.09. The predicted molar refractivity (Wildman–Crippen MR) is 86.0 cm³/mol. The molecule has 0 aliphatic carbocycles. The Kier molecular flexibility index (Phi) is 5.10. The van der Waals surface area contributed by atoms with Crippen LogP contribution in [0.3, 0.4) is 0 Å². The Morgan fingerprint density at radius 2 is 2.13 bits per heavy atom. The van der Waals surface area contributed by atoms with Gasteiger partial charge in [-0.1, -0.05) is 6.07 Å². The number of ether oxygens (including phenoxy) is 1. The molecule has 122 valence electrons. The Morgan fingerprint density at radius 1 is 1.35 bits per heavy atom. The summed E-state index contributed by atoms with van der Waals surface area (Å²) in [5, 5.41) is 2.64. The Balaban J connectivity index is 2.00. The number of carbonyl (C=O) groups is 1. The van der Waals surface area contributed by atoms with Crippen molar-refractivity contribution in [2.45, 2.75) is 32.8 Å². The molecule has 0 bridgehead atoms. The fourth-order valence-electron chi connectivity index (χ4n) is 1.87. The highest BCUT2D eigenvalue weighted by atomic mass is 16.6. The largest absolute Gasteiger partial charge is 0.444 e. The molecule has 1 amide bonds. The molecule has 0 aliphatic rings. The van der Waals surface area contributed by atoms with Crippen molar-refractivity contribution < 1.29 is 9.53 Å². The van der Waals surface area contributed by atoms with E-state index in [9.17, 15) is 9.59 Å². The van der Waals surface area contributed by atoms with Crippen LogP contribution in [0.4, 0.5) is 4.79 Å². The maximum atomic E-state index is 11.7. The lowest BCUT2D eigenvalue weighted by Crippen LogP contribution is -2.33. The zero-order valence-corrected chi connectivity index (χ0v) is 13.4. The number of rotatable bonds is 4. The van der Waals surface area contributed by atoms with E-state index < -0.39 is 11.7 Å². The molecule has 0 unspecified atom stereocenters. The number of aromatic nitrogens is 3. The molecule has 2 aromatic rings. The molecule has 0 fully saturated rings. The molecule has 2 N–H and O–H groups in total. The summed E-state index contributed by atoms with van der Waals surface area (Å²) in [6.45, 7) is 5.71. The molecule has 0 atom stereocenters. The average molecular weight is 316 g/mol. The van der Waals surface area contributed by atoms with Crippen molar-refractivity contribution in [1.82, 2.24) is 20.3 Å². The minimum absolute atomic E-state index is 0.257. The van der Waals surface area contributed by atoms with Crippen molar-refractivity contribution in [2.75, 3.05) is 6.54 Å². The summed E-state index contributed by atoms with van der Waals surface area (Å²) in [7, 11) is 0. The van der Waals surface area contributed by atoms with Gasteiger partial charge in [0.25, 0.3) is 5.56 Å². The van der Waals surface area contributed by atoms with Crippen LogP contribution in [0, 0.1) is 0 Å². The first-order valence-corrected chi connectivity index (χ1v) is 7.32. The third-order valence-corrected chi connectivity index (χ3v) is 2.75. The fraction of sp³-hybridized carbons (Fsp3) is 0.375. The predicted octanol–water partition coefficient (Wildman–Crippen LogP) is 1.90. The third-order valence-electron chi connectivity index (χ3n) is 2.75. The van der Waals surface area contributed by atoms with Gasteiger partial charge in [0.2, 0.25) is 0 Å². The van der Waals surface area contributed by atoms with Gasteiger partial charge in [-0.05, 0) is 32.9 Å². The smallest absolute Gasteiger partial charge is 0.407 e. The summed E-state index contributed by atoms with van der Waals surface area (Å²) in [6, 6.07) is 6.78. The minimum Gasteiger partial charge on any atom is -0.444 e. The number of nitrogens with one attached hydrogen (secondary N) is 2. The van der Waals surface area contributed by atoms with E-state index >= 15 is 0 Å². The quantitative estimate of drug-likeness (QED) is 0.898. The molecule has 0 saturated carbocycles. The fourth-order valence-corrected chi connectivity index (χ4v) is 1.87. The molecule has 23 heavy (non-hydrogen) atoms. The molecule has 0 saturated heterocycles. The molecular weight excluding hydrogens is 296 g/mol. The number of pyridine rings is 1. The molecule has 2 rings (SSSR count). The average Bonchev–Trinajstić information content (AvgIpc) is 2.46. The lowest BCUT2D eigenvalue weighted by Gasteiger charge is -2.19. The van der Waals surface area contributed by atoms with Gasteiger partial charge in [-0.2, -0.15) is 0 Å². The van der Waals surface area contributed by atoms with Crippen LogP contribution in [0.15, 0.2) is 35.3 Å². The highest BCUT2D eigenvalue weighted by Gasteiger charge is 2.15. The maximum Gasteiger partial charge on any atom is 0.407 e.